The second-order valence-corrected chi connectivity index (χ2v) is 5.41. The lowest BCUT2D eigenvalue weighted by Gasteiger charge is -2.46. The lowest BCUT2D eigenvalue weighted by molar-refractivity contribution is 0.0539. The van der Waals surface area contributed by atoms with Crippen molar-refractivity contribution >= 4 is 0 Å². The van der Waals surface area contributed by atoms with E-state index in [2.05, 4.69) is 11.8 Å². The molecular formula is C14H30N2O. The molecule has 1 rings (SSSR count). The Bertz CT molecular complexity index is 191. The summed E-state index contributed by atoms with van der Waals surface area (Å²) >= 11 is 0. The molecule has 102 valence electrons. The number of aliphatic hydroxyl groups excluding tert-OH is 1. The van der Waals surface area contributed by atoms with E-state index in [0.717, 1.165) is 32.5 Å². The highest BCUT2D eigenvalue weighted by molar-refractivity contribution is 4.94. The first-order chi connectivity index (χ1) is 8.29. The maximum absolute atomic E-state index is 8.90. The standard InChI is InChI=1S/C14H30N2O/c1-2-10-16(11-6-7-12-17)14(13-15)8-4-3-5-9-14/h17H,2-13,15H2,1H3. The zero-order chi connectivity index (χ0) is 12.6. The van der Waals surface area contributed by atoms with Crippen molar-refractivity contribution in [2.24, 2.45) is 5.73 Å². The molecule has 1 aliphatic carbocycles. The first-order valence-electron chi connectivity index (χ1n) is 7.35. The molecule has 0 aliphatic heterocycles. The summed E-state index contributed by atoms with van der Waals surface area (Å²) in [5.74, 6) is 0. The summed E-state index contributed by atoms with van der Waals surface area (Å²) < 4.78 is 0. The van der Waals surface area contributed by atoms with Crippen molar-refractivity contribution in [1.29, 1.82) is 0 Å². The average molecular weight is 242 g/mol. The molecule has 0 spiro atoms. The monoisotopic (exact) mass is 242 g/mol. The van der Waals surface area contributed by atoms with Crippen LogP contribution < -0.4 is 5.73 Å². The predicted molar refractivity (Wildman–Crippen MR) is 73.1 cm³/mol. The van der Waals surface area contributed by atoms with Gasteiger partial charge >= 0.3 is 0 Å². The Morgan fingerprint density at radius 1 is 1.12 bits per heavy atom. The number of hydrogen-bond acceptors (Lipinski definition) is 3. The quantitative estimate of drug-likeness (QED) is 0.641. The Balaban J connectivity index is 2.57. The number of hydrogen-bond donors (Lipinski definition) is 2. The van der Waals surface area contributed by atoms with Crippen LogP contribution in [0, 0.1) is 0 Å². The minimum atomic E-state index is 0.268. The number of nitrogens with zero attached hydrogens (tertiary/aromatic N) is 1. The van der Waals surface area contributed by atoms with Gasteiger partial charge in [-0.25, -0.2) is 0 Å². The lowest BCUT2D eigenvalue weighted by atomic mass is 9.80. The Morgan fingerprint density at radius 2 is 1.82 bits per heavy atom. The van der Waals surface area contributed by atoms with Crippen LogP contribution in [0.25, 0.3) is 0 Å². The SMILES string of the molecule is CCCN(CCCCO)C1(CN)CCCCC1. The molecule has 0 aromatic carbocycles. The second kappa shape index (κ2) is 8.06. The van der Waals surface area contributed by atoms with E-state index in [9.17, 15) is 0 Å². The van der Waals surface area contributed by atoms with Crippen LogP contribution in [0.1, 0.15) is 58.3 Å². The van der Waals surface area contributed by atoms with E-state index in [1.54, 1.807) is 0 Å². The molecule has 0 atom stereocenters. The van der Waals surface area contributed by atoms with Crippen LogP contribution in [0.4, 0.5) is 0 Å². The lowest BCUT2D eigenvalue weighted by Crippen LogP contribution is -2.55. The molecule has 3 heteroatoms. The molecule has 1 fully saturated rings. The van der Waals surface area contributed by atoms with Crippen molar-refractivity contribution < 1.29 is 5.11 Å². The highest BCUT2D eigenvalue weighted by Crippen LogP contribution is 2.33. The third-order valence-electron chi connectivity index (χ3n) is 4.16. The highest BCUT2D eigenvalue weighted by atomic mass is 16.2. The van der Waals surface area contributed by atoms with Gasteiger partial charge in [0, 0.05) is 18.7 Å². The zero-order valence-corrected chi connectivity index (χ0v) is 11.5. The van der Waals surface area contributed by atoms with Gasteiger partial charge in [-0.05, 0) is 45.2 Å². The van der Waals surface area contributed by atoms with Gasteiger partial charge in [-0.2, -0.15) is 0 Å². The van der Waals surface area contributed by atoms with Crippen LogP contribution in [0.5, 0.6) is 0 Å². The van der Waals surface area contributed by atoms with Crippen LogP contribution in [0.2, 0.25) is 0 Å². The van der Waals surface area contributed by atoms with E-state index >= 15 is 0 Å². The van der Waals surface area contributed by atoms with E-state index in [1.165, 1.54) is 38.5 Å². The van der Waals surface area contributed by atoms with Gasteiger partial charge in [0.05, 0.1) is 0 Å². The van der Waals surface area contributed by atoms with E-state index in [1.807, 2.05) is 0 Å². The van der Waals surface area contributed by atoms with Crippen LogP contribution >= 0.6 is 0 Å². The van der Waals surface area contributed by atoms with E-state index < -0.39 is 0 Å². The number of rotatable bonds is 8. The Morgan fingerprint density at radius 3 is 2.35 bits per heavy atom. The molecule has 0 saturated heterocycles. The Kier molecular flexibility index (Phi) is 7.09. The maximum Gasteiger partial charge on any atom is 0.0431 e. The number of nitrogens with two attached hydrogens (primary N) is 1. The van der Waals surface area contributed by atoms with E-state index in [4.69, 9.17) is 10.8 Å². The fourth-order valence-corrected chi connectivity index (χ4v) is 3.13. The van der Waals surface area contributed by atoms with E-state index in [-0.39, 0.29) is 5.54 Å². The molecule has 1 aliphatic rings. The highest BCUT2D eigenvalue weighted by Gasteiger charge is 2.35. The molecule has 0 heterocycles. The topological polar surface area (TPSA) is 49.5 Å². The summed E-state index contributed by atoms with van der Waals surface area (Å²) in [5, 5.41) is 8.90. The van der Waals surface area contributed by atoms with Gasteiger partial charge < -0.3 is 10.8 Å². The third-order valence-corrected chi connectivity index (χ3v) is 4.16. The molecular weight excluding hydrogens is 212 g/mol. The van der Waals surface area contributed by atoms with Crippen molar-refractivity contribution in [2.75, 3.05) is 26.2 Å². The van der Waals surface area contributed by atoms with Crippen molar-refractivity contribution in [3.8, 4) is 0 Å². The minimum Gasteiger partial charge on any atom is -0.396 e. The molecule has 0 bridgehead atoms. The zero-order valence-electron chi connectivity index (χ0n) is 11.5. The summed E-state index contributed by atoms with van der Waals surface area (Å²) in [6.07, 6.45) is 9.78. The summed E-state index contributed by atoms with van der Waals surface area (Å²) in [4.78, 5) is 2.61. The molecule has 3 N–H and O–H groups in total. The van der Waals surface area contributed by atoms with E-state index in [0.29, 0.717) is 6.61 Å². The molecule has 17 heavy (non-hydrogen) atoms. The van der Waals surface area contributed by atoms with Crippen LogP contribution in [-0.2, 0) is 0 Å². The largest absolute Gasteiger partial charge is 0.396 e. The van der Waals surface area contributed by atoms with Crippen molar-refractivity contribution in [1.82, 2.24) is 4.90 Å². The molecule has 0 radical (unpaired) electrons. The van der Waals surface area contributed by atoms with Crippen molar-refractivity contribution in [2.45, 2.75) is 63.8 Å². The van der Waals surface area contributed by atoms with Gasteiger partial charge in [0.15, 0.2) is 0 Å². The summed E-state index contributed by atoms with van der Waals surface area (Å²) in [7, 11) is 0. The summed E-state index contributed by atoms with van der Waals surface area (Å²) in [6, 6.07) is 0. The molecule has 3 nitrogen and oxygen atoms in total. The maximum atomic E-state index is 8.90. The molecule has 0 unspecified atom stereocenters. The molecule has 0 amide bonds. The molecule has 0 aromatic rings. The fourth-order valence-electron chi connectivity index (χ4n) is 3.13. The van der Waals surface area contributed by atoms with Gasteiger partial charge in [0.1, 0.15) is 0 Å². The van der Waals surface area contributed by atoms with Gasteiger partial charge in [0.2, 0.25) is 0 Å². The molecule has 0 aromatic heterocycles. The average Bonchev–Trinajstić information content (AvgIpc) is 2.39. The van der Waals surface area contributed by atoms with Gasteiger partial charge in [-0.3, -0.25) is 4.90 Å². The first kappa shape index (κ1) is 14.9. The van der Waals surface area contributed by atoms with Crippen LogP contribution in [0.15, 0.2) is 0 Å². The Labute approximate surface area is 106 Å². The van der Waals surface area contributed by atoms with Gasteiger partial charge in [0.25, 0.3) is 0 Å². The summed E-state index contributed by atoms with van der Waals surface area (Å²) in [6.45, 7) is 5.61. The van der Waals surface area contributed by atoms with Gasteiger partial charge in [-0.1, -0.05) is 26.2 Å². The molecule has 1 saturated carbocycles. The fraction of sp³-hybridized carbons (Fsp3) is 1.00. The van der Waals surface area contributed by atoms with Crippen molar-refractivity contribution in [3.05, 3.63) is 0 Å². The Hall–Kier alpha value is -0.120. The van der Waals surface area contributed by atoms with Crippen LogP contribution in [-0.4, -0.2) is 41.8 Å². The first-order valence-corrected chi connectivity index (χ1v) is 7.35. The van der Waals surface area contributed by atoms with Crippen molar-refractivity contribution in [3.63, 3.8) is 0 Å². The smallest absolute Gasteiger partial charge is 0.0431 e. The number of aliphatic hydroxyl groups is 1. The minimum absolute atomic E-state index is 0.268. The third kappa shape index (κ3) is 4.23. The van der Waals surface area contributed by atoms with Gasteiger partial charge in [-0.15, -0.1) is 0 Å². The summed E-state index contributed by atoms with van der Waals surface area (Å²) in [5.41, 5.74) is 6.35. The number of unbranched alkanes of at least 4 members (excludes halogenated alkanes) is 1. The predicted octanol–water partition coefficient (Wildman–Crippen LogP) is 2.13. The second-order valence-electron chi connectivity index (χ2n) is 5.41. The normalized spacial score (nSPS) is 19.8. The van der Waals surface area contributed by atoms with Crippen LogP contribution in [0.3, 0.4) is 0 Å².